The summed E-state index contributed by atoms with van der Waals surface area (Å²) in [5.74, 6) is -1.37. The molecule has 0 atom stereocenters. The molecule has 0 heterocycles. The van der Waals surface area contributed by atoms with E-state index in [9.17, 15) is 9.18 Å². The van der Waals surface area contributed by atoms with E-state index in [2.05, 4.69) is 5.32 Å². The van der Waals surface area contributed by atoms with Crippen LogP contribution in [0.15, 0.2) is 42.5 Å². The zero-order valence-electron chi connectivity index (χ0n) is 9.86. The smallest absolute Gasteiger partial charge is 0.335 e. The number of hydrogen-bond donors (Lipinski definition) is 2. The molecule has 0 saturated carbocycles. The van der Waals surface area contributed by atoms with Gasteiger partial charge in [0, 0.05) is 6.54 Å². The van der Waals surface area contributed by atoms with Gasteiger partial charge >= 0.3 is 5.97 Å². The molecule has 0 aliphatic rings. The SMILES string of the molecule is O=C(O)c1cccc(CNc2ccc(F)cc2Cl)c1. The Morgan fingerprint density at radius 3 is 2.74 bits per heavy atom. The van der Waals surface area contributed by atoms with Crippen LogP contribution in [0, 0.1) is 5.82 Å². The van der Waals surface area contributed by atoms with Gasteiger partial charge in [0.2, 0.25) is 0 Å². The summed E-state index contributed by atoms with van der Waals surface area (Å²) in [4.78, 5) is 10.8. The molecule has 2 rings (SSSR count). The fourth-order valence-corrected chi connectivity index (χ4v) is 1.88. The van der Waals surface area contributed by atoms with Gasteiger partial charge in [-0.05, 0) is 35.9 Å². The van der Waals surface area contributed by atoms with Gasteiger partial charge in [-0.2, -0.15) is 0 Å². The minimum absolute atomic E-state index is 0.226. The maximum atomic E-state index is 12.9. The van der Waals surface area contributed by atoms with Crippen LogP contribution in [0.4, 0.5) is 10.1 Å². The molecule has 0 radical (unpaired) electrons. The highest BCUT2D eigenvalue weighted by atomic mass is 35.5. The first kappa shape index (κ1) is 13.4. The van der Waals surface area contributed by atoms with Crippen molar-refractivity contribution < 1.29 is 14.3 Å². The monoisotopic (exact) mass is 279 g/mol. The number of rotatable bonds is 4. The van der Waals surface area contributed by atoms with Gasteiger partial charge in [0.25, 0.3) is 0 Å². The van der Waals surface area contributed by atoms with Gasteiger partial charge in [-0.15, -0.1) is 0 Å². The number of anilines is 1. The second-order valence-electron chi connectivity index (χ2n) is 3.98. The first-order chi connectivity index (χ1) is 9.06. The maximum Gasteiger partial charge on any atom is 0.335 e. The maximum absolute atomic E-state index is 12.9. The third-order valence-corrected chi connectivity index (χ3v) is 2.90. The van der Waals surface area contributed by atoms with Gasteiger partial charge < -0.3 is 10.4 Å². The predicted octanol–water partition coefficient (Wildman–Crippen LogP) is 3.79. The number of benzene rings is 2. The molecule has 98 valence electrons. The highest BCUT2D eigenvalue weighted by Gasteiger charge is 2.04. The molecule has 0 aromatic heterocycles. The fourth-order valence-electron chi connectivity index (χ4n) is 1.64. The first-order valence-corrected chi connectivity index (χ1v) is 5.95. The Hall–Kier alpha value is -2.07. The molecule has 19 heavy (non-hydrogen) atoms. The molecule has 0 saturated heterocycles. The summed E-state index contributed by atoms with van der Waals surface area (Å²) >= 11 is 5.88. The molecule has 0 fully saturated rings. The van der Waals surface area contributed by atoms with E-state index in [1.165, 1.54) is 18.2 Å². The third kappa shape index (κ3) is 3.45. The topological polar surface area (TPSA) is 49.3 Å². The number of nitrogens with one attached hydrogen (secondary N) is 1. The average Bonchev–Trinajstić information content (AvgIpc) is 2.38. The van der Waals surface area contributed by atoms with Crippen LogP contribution in [0.25, 0.3) is 0 Å². The van der Waals surface area contributed by atoms with Crippen molar-refractivity contribution in [2.24, 2.45) is 0 Å². The third-order valence-electron chi connectivity index (χ3n) is 2.59. The van der Waals surface area contributed by atoms with E-state index in [-0.39, 0.29) is 10.6 Å². The van der Waals surface area contributed by atoms with E-state index in [4.69, 9.17) is 16.7 Å². The van der Waals surface area contributed by atoms with Crippen LogP contribution < -0.4 is 5.32 Å². The van der Waals surface area contributed by atoms with Crippen molar-refractivity contribution in [2.45, 2.75) is 6.54 Å². The number of carboxylic acids is 1. The Balaban J connectivity index is 2.10. The highest BCUT2D eigenvalue weighted by molar-refractivity contribution is 6.33. The lowest BCUT2D eigenvalue weighted by Gasteiger charge is -2.09. The Kier molecular flexibility index (Phi) is 4.02. The van der Waals surface area contributed by atoms with Crippen molar-refractivity contribution in [3.05, 3.63) is 64.4 Å². The number of aromatic carboxylic acids is 1. The molecule has 2 N–H and O–H groups in total. The van der Waals surface area contributed by atoms with Crippen LogP contribution >= 0.6 is 11.6 Å². The van der Waals surface area contributed by atoms with Crippen LogP contribution in [0.3, 0.4) is 0 Å². The van der Waals surface area contributed by atoms with Gasteiger partial charge in [0.15, 0.2) is 0 Å². The number of carbonyl (C=O) groups is 1. The normalized spacial score (nSPS) is 10.2. The zero-order chi connectivity index (χ0) is 13.8. The molecule has 0 bridgehead atoms. The largest absolute Gasteiger partial charge is 0.478 e. The second kappa shape index (κ2) is 5.71. The Bertz CT molecular complexity index is 616. The Morgan fingerprint density at radius 2 is 2.05 bits per heavy atom. The average molecular weight is 280 g/mol. The minimum atomic E-state index is -0.971. The lowest BCUT2D eigenvalue weighted by atomic mass is 10.1. The summed E-state index contributed by atoms with van der Waals surface area (Å²) in [6, 6.07) is 10.6. The van der Waals surface area contributed by atoms with Crippen LogP contribution in [-0.2, 0) is 6.54 Å². The summed E-state index contributed by atoms with van der Waals surface area (Å²) in [5, 5.41) is 12.2. The summed E-state index contributed by atoms with van der Waals surface area (Å²) in [5.41, 5.74) is 1.63. The molecule has 0 spiro atoms. The van der Waals surface area contributed by atoms with Crippen molar-refractivity contribution in [1.29, 1.82) is 0 Å². The van der Waals surface area contributed by atoms with Gasteiger partial charge in [-0.25, -0.2) is 9.18 Å². The van der Waals surface area contributed by atoms with Crippen LogP contribution in [0.5, 0.6) is 0 Å². The number of halogens is 2. The van der Waals surface area contributed by atoms with Crippen LogP contribution in [0.2, 0.25) is 5.02 Å². The highest BCUT2D eigenvalue weighted by Crippen LogP contribution is 2.23. The van der Waals surface area contributed by atoms with Gasteiger partial charge in [0.05, 0.1) is 16.3 Å². The molecule has 5 heteroatoms. The molecule has 0 unspecified atom stereocenters. The summed E-state index contributed by atoms with van der Waals surface area (Å²) in [6.45, 7) is 0.409. The lowest BCUT2D eigenvalue weighted by molar-refractivity contribution is 0.0697. The molecular weight excluding hydrogens is 269 g/mol. The summed E-state index contributed by atoms with van der Waals surface area (Å²) < 4.78 is 12.9. The standard InChI is InChI=1S/C14H11ClFNO2/c15-12-7-11(16)4-5-13(12)17-8-9-2-1-3-10(6-9)14(18)19/h1-7,17H,8H2,(H,18,19). The minimum Gasteiger partial charge on any atom is -0.478 e. The molecule has 2 aromatic rings. The Labute approximate surface area is 114 Å². The van der Waals surface area contributed by atoms with Crippen molar-refractivity contribution in [2.75, 3.05) is 5.32 Å². The van der Waals surface area contributed by atoms with E-state index in [1.54, 1.807) is 24.3 Å². The number of hydrogen-bond acceptors (Lipinski definition) is 2. The van der Waals surface area contributed by atoms with E-state index < -0.39 is 11.8 Å². The summed E-state index contributed by atoms with van der Waals surface area (Å²) in [6.07, 6.45) is 0. The van der Waals surface area contributed by atoms with E-state index in [1.807, 2.05) is 0 Å². The first-order valence-electron chi connectivity index (χ1n) is 5.57. The second-order valence-corrected chi connectivity index (χ2v) is 4.39. The lowest BCUT2D eigenvalue weighted by Crippen LogP contribution is -2.02. The van der Waals surface area contributed by atoms with Crippen molar-refractivity contribution in [3.63, 3.8) is 0 Å². The number of carboxylic acid groups (broad SMARTS) is 1. The molecule has 0 aliphatic carbocycles. The quantitative estimate of drug-likeness (QED) is 0.895. The molecule has 3 nitrogen and oxygen atoms in total. The van der Waals surface area contributed by atoms with E-state index >= 15 is 0 Å². The molecule has 2 aromatic carbocycles. The van der Waals surface area contributed by atoms with Crippen molar-refractivity contribution >= 4 is 23.3 Å². The van der Waals surface area contributed by atoms with Crippen molar-refractivity contribution in [3.8, 4) is 0 Å². The molecule has 0 aliphatic heterocycles. The molecular formula is C14H11ClFNO2. The molecule has 0 amide bonds. The van der Waals surface area contributed by atoms with Crippen molar-refractivity contribution in [1.82, 2.24) is 0 Å². The van der Waals surface area contributed by atoms with Gasteiger partial charge in [-0.1, -0.05) is 23.7 Å². The zero-order valence-corrected chi connectivity index (χ0v) is 10.6. The van der Waals surface area contributed by atoms with E-state index in [0.717, 1.165) is 5.56 Å². The predicted molar refractivity (Wildman–Crippen MR) is 72.1 cm³/mol. The van der Waals surface area contributed by atoms with E-state index in [0.29, 0.717) is 12.2 Å². The summed E-state index contributed by atoms with van der Waals surface area (Å²) in [7, 11) is 0. The fraction of sp³-hybridized carbons (Fsp3) is 0.0714. The van der Waals surface area contributed by atoms with Crippen LogP contribution in [0.1, 0.15) is 15.9 Å². The van der Waals surface area contributed by atoms with Gasteiger partial charge in [0.1, 0.15) is 5.82 Å². The van der Waals surface area contributed by atoms with Gasteiger partial charge in [-0.3, -0.25) is 0 Å². The van der Waals surface area contributed by atoms with Crippen LogP contribution in [-0.4, -0.2) is 11.1 Å². The Morgan fingerprint density at radius 1 is 1.26 bits per heavy atom.